The Morgan fingerprint density at radius 3 is 2.46 bits per heavy atom. The van der Waals surface area contributed by atoms with Gasteiger partial charge in [0.1, 0.15) is 4.90 Å². The first-order valence-corrected chi connectivity index (χ1v) is 10.2. The number of hydrazine groups is 1. The van der Waals surface area contributed by atoms with E-state index in [1.54, 1.807) is 16.6 Å². The van der Waals surface area contributed by atoms with E-state index in [2.05, 4.69) is 27.2 Å². The zero-order chi connectivity index (χ0) is 17.0. The van der Waals surface area contributed by atoms with Gasteiger partial charge in [-0.05, 0) is 25.5 Å². The van der Waals surface area contributed by atoms with Gasteiger partial charge in [0.2, 0.25) is 10.0 Å². The number of nitrogens with zero attached hydrogens (tertiary/aromatic N) is 4. The van der Waals surface area contributed by atoms with Crippen LogP contribution >= 0.6 is 0 Å². The van der Waals surface area contributed by atoms with E-state index in [0.717, 1.165) is 52.0 Å². The fraction of sp³-hybridized carbons (Fsp3) is 0.688. The van der Waals surface area contributed by atoms with Crippen molar-refractivity contribution in [3.05, 3.63) is 18.5 Å². The van der Waals surface area contributed by atoms with Gasteiger partial charge in [0, 0.05) is 51.7 Å². The molecule has 2 aliphatic heterocycles. The molecule has 0 spiro atoms. The smallest absolute Gasteiger partial charge is 0.246 e. The van der Waals surface area contributed by atoms with Crippen molar-refractivity contribution in [2.24, 2.45) is 0 Å². The molecule has 0 bridgehead atoms. The van der Waals surface area contributed by atoms with Crippen LogP contribution in [0.15, 0.2) is 23.4 Å². The number of nitrogens with one attached hydrogen (secondary N) is 1. The SMILES string of the molecule is CCN1CCN(Nc2ccncc2S(=O)(=O)N2CCCCC2)CC1. The first-order valence-electron chi connectivity index (χ1n) is 8.79. The molecule has 3 heterocycles. The molecule has 0 aliphatic carbocycles. The molecule has 2 aliphatic rings. The van der Waals surface area contributed by atoms with Crippen molar-refractivity contribution < 1.29 is 8.42 Å². The van der Waals surface area contributed by atoms with E-state index in [9.17, 15) is 8.42 Å². The fourth-order valence-corrected chi connectivity index (χ4v) is 4.87. The highest BCUT2D eigenvalue weighted by Gasteiger charge is 2.29. The molecule has 1 N–H and O–H groups in total. The summed E-state index contributed by atoms with van der Waals surface area (Å²) in [6, 6.07) is 1.75. The standard InChI is InChI=1S/C16H27N5O2S/c1-2-19-10-12-20(13-11-19)18-15-6-7-17-14-16(15)24(22,23)21-8-4-3-5-9-21/h6-7,14H,2-5,8-13H2,1H3,(H,17,18). The largest absolute Gasteiger partial charge is 0.317 e. The van der Waals surface area contributed by atoms with E-state index < -0.39 is 10.0 Å². The lowest BCUT2D eigenvalue weighted by Gasteiger charge is -2.35. The Labute approximate surface area is 144 Å². The number of rotatable bonds is 5. The van der Waals surface area contributed by atoms with Gasteiger partial charge in [0.15, 0.2) is 0 Å². The van der Waals surface area contributed by atoms with Gasteiger partial charge in [-0.3, -0.25) is 4.98 Å². The maximum atomic E-state index is 13.0. The Morgan fingerprint density at radius 1 is 1.08 bits per heavy atom. The van der Waals surface area contributed by atoms with E-state index in [4.69, 9.17) is 0 Å². The molecule has 0 saturated carbocycles. The van der Waals surface area contributed by atoms with Crippen LogP contribution in [0.5, 0.6) is 0 Å². The third-order valence-electron chi connectivity index (χ3n) is 4.82. The minimum absolute atomic E-state index is 0.282. The number of anilines is 1. The molecule has 0 radical (unpaired) electrons. The van der Waals surface area contributed by atoms with Crippen LogP contribution in [0.25, 0.3) is 0 Å². The average Bonchev–Trinajstić information content (AvgIpc) is 2.63. The van der Waals surface area contributed by atoms with Crippen LogP contribution in [0.3, 0.4) is 0 Å². The highest BCUT2D eigenvalue weighted by molar-refractivity contribution is 7.89. The Hall–Kier alpha value is -1.22. The summed E-state index contributed by atoms with van der Waals surface area (Å²) in [4.78, 5) is 6.72. The molecule has 24 heavy (non-hydrogen) atoms. The van der Waals surface area contributed by atoms with Gasteiger partial charge in [-0.15, -0.1) is 0 Å². The summed E-state index contributed by atoms with van der Waals surface area (Å²) in [5.74, 6) is 0. The molecular weight excluding hydrogens is 326 g/mol. The number of sulfonamides is 1. The lowest BCUT2D eigenvalue weighted by molar-refractivity contribution is 0.158. The molecular formula is C16H27N5O2S. The number of piperazine rings is 1. The number of piperidine rings is 1. The molecule has 3 rings (SSSR count). The molecule has 0 atom stereocenters. The predicted octanol–water partition coefficient (Wildman–Crippen LogP) is 1.22. The maximum Gasteiger partial charge on any atom is 0.246 e. The van der Waals surface area contributed by atoms with Crippen LogP contribution in [0.1, 0.15) is 26.2 Å². The molecule has 0 aromatic carbocycles. The Balaban J connectivity index is 1.75. The molecule has 0 amide bonds. The van der Waals surface area contributed by atoms with Crippen molar-refractivity contribution in [2.45, 2.75) is 31.1 Å². The van der Waals surface area contributed by atoms with Crippen LogP contribution < -0.4 is 5.43 Å². The molecule has 1 aromatic rings. The van der Waals surface area contributed by atoms with Crippen molar-refractivity contribution in [2.75, 3.05) is 51.2 Å². The van der Waals surface area contributed by atoms with E-state index in [-0.39, 0.29) is 4.90 Å². The first-order chi connectivity index (χ1) is 11.6. The van der Waals surface area contributed by atoms with Crippen molar-refractivity contribution in [3.8, 4) is 0 Å². The first kappa shape index (κ1) is 17.6. The van der Waals surface area contributed by atoms with Gasteiger partial charge in [0.05, 0.1) is 5.69 Å². The highest BCUT2D eigenvalue weighted by Crippen LogP contribution is 2.26. The number of aromatic nitrogens is 1. The van der Waals surface area contributed by atoms with Gasteiger partial charge >= 0.3 is 0 Å². The third-order valence-corrected chi connectivity index (χ3v) is 6.74. The van der Waals surface area contributed by atoms with Crippen LogP contribution in [-0.2, 0) is 10.0 Å². The van der Waals surface area contributed by atoms with E-state index in [1.165, 1.54) is 6.20 Å². The van der Waals surface area contributed by atoms with Gasteiger partial charge in [0.25, 0.3) is 0 Å². The lowest BCUT2D eigenvalue weighted by Crippen LogP contribution is -2.48. The topological polar surface area (TPSA) is 68.8 Å². The fourth-order valence-electron chi connectivity index (χ4n) is 3.27. The normalized spacial score (nSPS) is 21.7. The molecule has 8 heteroatoms. The number of hydrogen-bond donors (Lipinski definition) is 1. The second-order valence-electron chi connectivity index (χ2n) is 6.37. The van der Waals surface area contributed by atoms with Crippen molar-refractivity contribution in [1.29, 1.82) is 0 Å². The molecule has 1 aromatic heterocycles. The summed E-state index contributed by atoms with van der Waals surface area (Å²) >= 11 is 0. The van der Waals surface area contributed by atoms with Gasteiger partial charge in [-0.25, -0.2) is 13.4 Å². The Morgan fingerprint density at radius 2 is 1.79 bits per heavy atom. The van der Waals surface area contributed by atoms with Crippen molar-refractivity contribution in [3.63, 3.8) is 0 Å². The van der Waals surface area contributed by atoms with Crippen LogP contribution in [0, 0.1) is 0 Å². The quantitative estimate of drug-likeness (QED) is 0.858. The zero-order valence-corrected chi connectivity index (χ0v) is 15.1. The molecule has 0 unspecified atom stereocenters. The predicted molar refractivity (Wildman–Crippen MR) is 94.2 cm³/mol. The Bertz CT molecular complexity index is 638. The van der Waals surface area contributed by atoms with Crippen molar-refractivity contribution in [1.82, 2.24) is 19.2 Å². The maximum absolute atomic E-state index is 13.0. The summed E-state index contributed by atoms with van der Waals surface area (Å²) < 4.78 is 27.5. The number of hydrogen-bond acceptors (Lipinski definition) is 6. The monoisotopic (exact) mass is 353 g/mol. The molecule has 2 fully saturated rings. The zero-order valence-electron chi connectivity index (χ0n) is 14.3. The summed E-state index contributed by atoms with van der Waals surface area (Å²) in [7, 11) is -3.49. The summed E-state index contributed by atoms with van der Waals surface area (Å²) in [5.41, 5.74) is 3.93. The summed E-state index contributed by atoms with van der Waals surface area (Å²) in [5, 5.41) is 2.09. The van der Waals surface area contributed by atoms with Gasteiger partial charge in [-0.2, -0.15) is 4.31 Å². The third kappa shape index (κ3) is 3.88. The minimum Gasteiger partial charge on any atom is -0.317 e. The van der Waals surface area contributed by atoms with Gasteiger partial charge in [-0.1, -0.05) is 13.3 Å². The number of likely N-dealkylation sites (N-methyl/N-ethyl adjacent to an activating group) is 1. The molecule has 134 valence electrons. The minimum atomic E-state index is -3.49. The van der Waals surface area contributed by atoms with Crippen molar-refractivity contribution >= 4 is 15.7 Å². The second kappa shape index (κ2) is 7.77. The van der Waals surface area contributed by atoms with Crippen LogP contribution in [-0.4, -0.2) is 73.4 Å². The molecule has 7 nitrogen and oxygen atoms in total. The van der Waals surface area contributed by atoms with E-state index in [1.807, 2.05) is 0 Å². The highest BCUT2D eigenvalue weighted by atomic mass is 32.2. The molecule has 2 saturated heterocycles. The lowest BCUT2D eigenvalue weighted by atomic mass is 10.2. The van der Waals surface area contributed by atoms with Crippen LogP contribution in [0.2, 0.25) is 0 Å². The number of pyridine rings is 1. The van der Waals surface area contributed by atoms with Gasteiger partial charge < -0.3 is 10.3 Å². The Kier molecular flexibility index (Phi) is 5.70. The summed E-state index contributed by atoms with van der Waals surface area (Å²) in [6.45, 7) is 8.15. The van der Waals surface area contributed by atoms with Crippen LogP contribution in [0.4, 0.5) is 5.69 Å². The van der Waals surface area contributed by atoms with E-state index >= 15 is 0 Å². The second-order valence-corrected chi connectivity index (χ2v) is 8.28. The van der Waals surface area contributed by atoms with E-state index in [0.29, 0.717) is 18.8 Å². The average molecular weight is 353 g/mol. The summed E-state index contributed by atoms with van der Waals surface area (Å²) in [6.07, 6.45) is 6.07.